The summed E-state index contributed by atoms with van der Waals surface area (Å²) in [5.41, 5.74) is 1.51. The minimum Gasteiger partial charge on any atom is -0.459 e. The van der Waals surface area contributed by atoms with Crippen LogP contribution in [-0.2, 0) is 10.8 Å². The molecule has 3 aromatic rings. The normalized spacial score (nSPS) is 11.6. The summed E-state index contributed by atoms with van der Waals surface area (Å²) in [4.78, 5) is 25.0. The van der Waals surface area contributed by atoms with Gasteiger partial charge in [0.25, 0.3) is 11.8 Å². The lowest BCUT2D eigenvalue weighted by Crippen LogP contribution is -2.13. The zero-order valence-corrected chi connectivity index (χ0v) is 14.7. The second-order valence-corrected chi connectivity index (χ2v) is 6.82. The Hall–Kier alpha value is -3.19. The number of rotatable bonds is 5. The third-order valence-electron chi connectivity index (χ3n) is 3.57. The van der Waals surface area contributed by atoms with Crippen LogP contribution in [0, 0.1) is 0 Å². The van der Waals surface area contributed by atoms with E-state index < -0.39 is 10.8 Å². The Morgan fingerprint density at radius 2 is 1.54 bits per heavy atom. The van der Waals surface area contributed by atoms with Gasteiger partial charge in [0.15, 0.2) is 5.76 Å². The third kappa shape index (κ3) is 4.25. The average Bonchev–Trinajstić information content (AvgIpc) is 3.17. The summed E-state index contributed by atoms with van der Waals surface area (Å²) in [6.45, 7) is 0. The number of carbonyl (C=O) groups is 2. The highest BCUT2D eigenvalue weighted by molar-refractivity contribution is 7.84. The second-order valence-electron chi connectivity index (χ2n) is 5.44. The molecule has 132 valence electrons. The number of carbonyl (C=O) groups excluding carboxylic acids is 2. The second kappa shape index (κ2) is 7.79. The molecule has 0 aliphatic carbocycles. The molecule has 2 amide bonds. The van der Waals surface area contributed by atoms with Crippen molar-refractivity contribution in [1.82, 2.24) is 0 Å². The zero-order valence-electron chi connectivity index (χ0n) is 13.9. The Kier molecular flexibility index (Phi) is 5.28. The Bertz CT molecular complexity index is 950. The minimum atomic E-state index is -1.09. The van der Waals surface area contributed by atoms with Gasteiger partial charge in [-0.25, -0.2) is 0 Å². The Morgan fingerprint density at radius 1 is 0.885 bits per heavy atom. The smallest absolute Gasteiger partial charge is 0.291 e. The maximum Gasteiger partial charge on any atom is 0.291 e. The van der Waals surface area contributed by atoms with E-state index >= 15 is 0 Å². The predicted octanol–water partition coefficient (Wildman–Crippen LogP) is 3.52. The van der Waals surface area contributed by atoms with Crippen LogP contribution in [0.3, 0.4) is 0 Å². The summed E-state index contributed by atoms with van der Waals surface area (Å²) in [5.74, 6) is -0.470. The lowest BCUT2D eigenvalue weighted by molar-refractivity contribution is 0.0995. The molecule has 0 saturated carbocycles. The predicted molar refractivity (Wildman–Crippen MR) is 99.8 cm³/mol. The van der Waals surface area contributed by atoms with Crippen LogP contribution in [0.5, 0.6) is 0 Å². The molecule has 1 atom stereocenters. The van der Waals surface area contributed by atoms with E-state index in [1.165, 1.54) is 6.26 Å². The zero-order chi connectivity index (χ0) is 18.5. The molecule has 0 spiro atoms. The largest absolute Gasteiger partial charge is 0.459 e. The molecule has 6 nitrogen and oxygen atoms in total. The van der Waals surface area contributed by atoms with Crippen molar-refractivity contribution < 1.29 is 18.2 Å². The maximum atomic E-state index is 12.3. The van der Waals surface area contributed by atoms with Gasteiger partial charge in [0.05, 0.1) is 6.26 Å². The van der Waals surface area contributed by atoms with E-state index in [4.69, 9.17) is 4.42 Å². The number of anilines is 2. The summed E-state index contributed by atoms with van der Waals surface area (Å²) in [7, 11) is -1.09. The maximum absolute atomic E-state index is 12.3. The van der Waals surface area contributed by atoms with Crippen molar-refractivity contribution in [1.29, 1.82) is 0 Å². The number of amides is 2. The van der Waals surface area contributed by atoms with Gasteiger partial charge >= 0.3 is 0 Å². The fraction of sp³-hybridized carbons (Fsp3) is 0.0526. The van der Waals surface area contributed by atoms with Gasteiger partial charge in [-0.3, -0.25) is 13.8 Å². The van der Waals surface area contributed by atoms with Crippen LogP contribution >= 0.6 is 0 Å². The first kappa shape index (κ1) is 17.6. The summed E-state index contributed by atoms with van der Waals surface area (Å²) in [6.07, 6.45) is 3.00. The van der Waals surface area contributed by atoms with E-state index in [-0.39, 0.29) is 17.6 Å². The molecule has 2 aromatic carbocycles. The van der Waals surface area contributed by atoms with Crippen molar-refractivity contribution in [2.24, 2.45) is 0 Å². The van der Waals surface area contributed by atoms with Crippen LogP contribution in [0.4, 0.5) is 11.4 Å². The Morgan fingerprint density at radius 3 is 2.12 bits per heavy atom. The first-order valence-corrected chi connectivity index (χ1v) is 9.28. The van der Waals surface area contributed by atoms with E-state index in [0.717, 1.165) is 0 Å². The molecule has 0 bridgehead atoms. The molecule has 0 fully saturated rings. The van der Waals surface area contributed by atoms with Crippen molar-refractivity contribution in [3.05, 3.63) is 78.3 Å². The molecule has 0 aliphatic heterocycles. The summed E-state index contributed by atoms with van der Waals surface area (Å²) < 4.78 is 16.4. The van der Waals surface area contributed by atoms with E-state index in [1.807, 2.05) is 0 Å². The third-order valence-corrected chi connectivity index (χ3v) is 4.51. The van der Waals surface area contributed by atoms with Gasteiger partial charge in [0, 0.05) is 38.9 Å². The number of furan rings is 1. The molecule has 0 saturated heterocycles. The van der Waals surface area contributed by atoms with Gasteiger partial charge in [-0.1, -0.05) is 6.07 Å². The molecule has 0 aliphatic rings. The minimum absolute atomic E-state index is 0.202. The number of benzene rings is 2. The molecule has 2 N–H and O–H groups in total. The molecule has 1 heterocycles. The van der Waals surface area contributed by atoms with E-state index in [2.05, 4.69) is 10.6 Å². The molecule has 3 rings (SSSR count). The monoisotopic (exact) mass is 368 g/mol. The fourth-order valence-electron chi connectivity index (χ4n) is 2.28. The number of hydrogen-bond acceptors (Lipinski definition) is 4. The topological polar surface area (TPSA) is 88.4 Å². The van der Waals surface area contributed by atoms with Crippen molar-refractivity contribution in [3.63, 3.8) is 0 Å². The Labute approximate surface area is 152 Å². The summed E-state index contributed by atoms with van der Waals surface area (Å²) in [6, 6.07) is 16.5. The standard InChI is InChI=1S/C19H16N2O4S/c1-26(24)16-9-7-13(8-10-16)18(22)20-14-4-2-5-15(12-14)21-19(23)17-6-3-11-25-17/h2-12H,1H3,(H,20,22)(H,21,23)/t26-/m0/s1. The highest BCUT2D eigenvalue weighted by atomic mass is 32.2. The van der Waals surface area contributed by atoms with Crippen LogP contribution in [-0.4, -0.2) is 22.3 Å². The first-order valence-electron chi connectivity index (χ1n) is 7.73. The molecule has 26 heavy (non-hydrogen) atoms. The first-order chi connectivity index (χ1) is 12.5. The van der Waals surface area contributed by atoms with Crippen LogP contribution in [0.25, 0.3) is 0 Å². The number of nitrogens with one attached hydrogen (secondary N) is 2. The molecular formula is C19H16N2O4S. The van der Waals surface area contributed by atoms with E-state index in [9.17, 15) is 13.8 Å². The van der Waals surface area contributed by atoms with Crippen LogP contribution in [0.1, 0.15) is 20.9 Å². The number of hydrogen-bond donors (Lipinski definition) is 2. The van der Waals surface area contributed by atoms with Crippen LogP contribution in [0.2, 0.25) is 0 Å². The summed E-state index contributed by atoms with van der Waals surface area (Å²) >= 11 is 0. The quantitative estimate of drug-likeness (QED) is 0.721. The van der Waals surface area contributed by atoms with E-state index in [0.29, 0.717) is 21.8 Å². The van der Waals surface area contributed by atoms with Gasteiger partial charge in [-0.15, -0.1) is 0 Å². The highest BCUT2D eigenvalue weighted by Crippen LogP contribution is 2.17. The lowest BCUT2D eigenvalue weighted by atomic mass is 10.2. The molecule has 0 radical (unpaired) electrons. The van der Waals surface area contributed by atoms with Crippen molar-refractivity contribution in [2.75, 3.05) is 16.9 Å². The highest BCUT2D eigenvalue weighted by Gasteiger charge is 2.10. The molecule has 7 heteroatoms. The van der Waals surface area contributed by atoms with Crippen molar-refractivity contribution in [2.45, 2.75) is 4.90 Å². The SMILES string of the molecule is C[S@](=O)c1ccc(C(=O)Nc2cccc(NC(=O)c3ccco3)c2)cc1. The van der Waals surface area contributed by atoms with Gasteiger partial charge in [-0.2, -0.15) is 0 Å². The average molecular weight is 368 g/mol. The fourth-order valence-corrected chi connectivity index (χ4v) is 2.80. The van der Waals surface area contributed by atoms with Crippen LogP contribution < -0.4 is 10.6 Å². The van der Waals surface area contributed by atoms with Crippen molar-refractivity contribution in [3.8, 4) is 0 Å². The molecular weight excluding hydrogens is 352 g/mol. The van der Waals surface area contributed by atoms with Crippen molar-refractivity contribution >= 4 is 34.0 Å². The van der Waals surface area contributed by atoms with Gasteiger partial charge in [-0.05, 0) is 54.6 Å². The molecule has 1 aromatic heterocycles. The van der Waals surface area contributed by atoms with E-state index in [1.54, 1.807) is 66.9 Å². The lowest BCUT2D eigenvalue weighted by Gasteiger charge is -2.08. The van der Waals surface area contributed by atoms with Crippen LogP contribution in [0.15, 0.2) is 76.2 Å². The summed E-state index contributed by atoms with van der Waals surface area (Å²) in [5, 5.41) is 5.47. The van der Waals surface area contributed by atoms with Gasteiger partial charge in [0.1, 0.15) is 0 Å². The Balaban J connectivity index is 1.69. The molecule has 0 unspecified atom stereocenters. The van der Waals surface area contributed by atoms with Gasteiger partial charge in [0.2, 0.25) is 0 Å². The van der Waals surface area contributed by atoms with Gasteiger partial charge < -0.3 is 15.1 Å².